The van der Waals surface area contributed by atoms with Crippen LogP contribution in [0.3, 0.4) is 0 Å². The summed E-state index contributed by atoms with van der Waals surface area (Å²) in [6.07, 6.45) is -3.37. The zero-order chi connectivity index (χ0) is 13.4. The molecule has 0 saturated carbocycles. The molecule has 1 heterocycles. The average Bonchev–Trinajstić information content (AvgIpc) is 2.27. The first kappa shape index (κ1) is 13.4. The van der Waals surface area contributed by atoms with E-state index in [9.17, 15) is 13.2 Å². The molecule has 0 aliphatic carbocycles. The van der Waals surface area contributed by atoms with E-state index >= 15 is 0 Å². The van der Waals surface area contributed by atoms with Crippen LogP contribution in [0.15, 0.2) is 24.3 Å². The third-order valence-electron chi connectivity index (χ3n) is 3.75. The van der Waals surface area contributed by atoms with Gasteiger partial charge in [0.05, 0.1) is 5.56 Å². The van der Waals surface area contributed by atoms with Gasteiger partial charge >= 0.3 is 6.18 Å². The van der Waals surface area contributed by atoms with Crippen LogP contribution in [-0.2, 0) is 6.18 Å². The van der Waals surface area contributed by atoms with E-state index in [1.54, 1.807) is 0 Å². The Morgan fingerprint density at radius 2 is 2.00 bits per heavy atom. The number of alkyl halides is 3. The van der Waals surface area contributed by atoms with Gasteiger partial charge in [-0.2, -0.15) is 13.2 Å². The molecular weight excluding hydrogens is 239 g/mol. The molecule has 1 unspecified atom stereocenters. The van der Waals surface area contributed by atoms with Crippen molar-refractivity contribution in [2.75, 3.05) is 13.1 Å². The van der Waals surface area contributed by atoms with Crippen molar-refractivity contribution in [1.82, 2.24) is 5.32 Å². The minimum atomic E-state index is -4.26. The van der Waals surface area contributed by atoms with Crippen LogP contribution in [0.25, 0.3) is 0 Å². The van der Waals surface area contributed by atoms with Crippen molar-refractivity contribution < 1.29 is 13.2 Å². The van der Waals surface area contributed by atoms with Crippen molar-refractivity contribution in [3.05, 3.63) is 35.4 Å². The number of piperidine rings is 1. The lowest BCUT2D eigenvalue weighted by molar-refractivity contribution is -0.137. The van der Waals surface area contributed by atoms with Crippen LogP contribution in [-0.4, -0.2) is 13.1 Å². The van der Waals surface area contributed by atoms with Crippen LogP contribution in [0, 0.1) is 5.41 Å². The number of hydrogen-bond donors (Lipinski definition) is 1. The molecule has 0 radical (unpaired) electrons. The summed E-state index contributed by atoms with van der Waals surface area (Å²) in [4.78, 5) is 0. The van der Waals surface area contributed by atoms with E-state index in [-0.39, 0.29) is 11.3 Å². The van der Waals surface area contributed by atoms with Crippen molar-refractivity contribution in [3.8, 4) is 0 Å². The van der Waals surface area contributed by atoms with Gasteiger partial charge < -0.3 is 5.32 Å². The normalized spacial score (nSPS) is 23.9. The molecule has 0 bridgehead atoms. The van der Waals surface area contributed by atoms with Crippen molar-refractivity contribution in [3.63, 3.8) is 0 Å². The predicted molar refractivity (Wildman–Crippen MR) is 65.5 cm³/mol. The third-order valence-corrected chi connectivity index (χ3v) is 3.75. The number of nitrogens with one attached hydrogen (secondary N) is 1. The fourth-order valence-electron chi connectivity index (χ4n) is 2.72. The molecule has 18 heavy (non-hydrogen) atoms. The molecule has 0 spiro atoms. The van der Waals surface area contributed by atoms with E-state index in [0.29, 0.717) is 0 Å². The fraction of sp³-hybridized carbons (Fsp3) is 0.571. The highest BCUT2D eigenvalue weighted by Crippen LogP contribution is 2.41. The Morgan fingerprint density at radius 3 is 2.61 bits per heavy atom. The van der Waals surface area contributed by atoms with Crippen LogP contribution < -0.4 is 5.32 Å². The van der Waals surface area contributed by atoms with Crippen molar-refractivity contribution in [2.45, 2.75) is 32.4 Å². The Morgan fingerprint density at radius 1 is 1.28 bits per heavy atom. The quantitative estimate of drug-likeness (QED) is 0.806. The van der Waals surface area contributed by atoms with Gasteiger partial charge in [-0.1, -0.05) is 32.0 Å². The third kappa shape index (κ3) is 2.69. The number of halogens is 3. The molecule has 100 valence electrons. The molecule has 2 rings (SSSR count). The minimum Gasteiger partial charge on any atom is -0.316 e. The van der Waals surface area contributed by atoms with Gasteiger partial charge in [0.25, 0.3) is 0 Å². The lowest BCUT2D eigenvalue weighted by Crippen LogP contribution is -2.41. The Kier molecular flexibility index (Phi) is 3.41. The molecule has 1 saturated heterocycles. The Labute approximate surface area is 105 Å². The molecule has 1 aliphatic heterocycles. The maximum atomic E-state index is 12.7. The van der Waals surface area contributed by atoms with Gasteiger partial charge in [0.15, 0.2) is 0 Å². The predicted octanol–water partition coefficient (Wildman–Crippen LogP) is 3.81. The summed E-state index contributed by atoms with van der Waals surface area (Å²) in [6.45, 7) is 5.91. The van der Waals surface area contributed by atoms with Gasteiger partial charge in [-0.05, 0) is 35.9 Å². The molecule has 1 aliphatic rings. The molecule has 1 nitrogen and oxygen atoms in total. The van der Waals surface area contributed by atoms with Gasteiger partial charge in [-0.25, -0.2) is 0 Å². The number of rotatable bonds is 1. The molecule has 0 aromatic heterocycles. The molecular formula is C14H18F3N. The zero-order valence-corrected chi connectivity index (χ0v) is 10.6. The van der Waals surface area contributed by atoms with Crippen LogP contribution in [0.5, 0.6) is 0 Å². The SMILES string of the molecule is CC1(C)CNCCC1c1cccc(C(F)(F)F)c1. The van der Waals surface area contributed by atoms with Crippen molar-refractivity contribution in [2.24, 2.45) is 5.41 Å². The lowest BCUT2D eigenvalue weighted by atomic mass is 9.71. The summed E-state index contributed by atoms with van der Waals surface area (Å²) in [5, 5.41) is 3.30. The maximum absolute atomic E-state index is 12.7. The highest BCUT2D eigenvalue weighted by atomic mass is 19.4. The standard InChI is InChI=1S/C14H18F3N/c1-13(2)9-18-7-6-12(13)10-4-3-5-11(8-10)14(15,16)17/h3-5,8,12,18H,6-7,9H2,1-2H3. The van der Waals surface area contributed by atoms with Crippen LogP contribution >= 0.6 is 0 Å². The second kappa shape index (κ2) is 4.57. The summed E-state index contributed by atoms with van der Waals surface area (Å²) < 4.78 is 38.1. The van der Waals surface area contributed by atoms with Gasteiger partial charge in [-0.3, -0.25) is 0 Å². The molecule has 1 aromatic carbocycles. The molecule has 0 amide bonds. The largest absolute Gasteiger partial charge is 0.416 e. The summed E-state index contributed by atoms with van der Waals surface area (Å²) >= 11 is 0. The monoisotopic (exact) mass is 257 g/mol. The lowest BCUT2D eigenvalue weighted by Gasteiger charge is -2.39. The second-order valence-corrected chi connectivity index (χ2v) is 5.63. The number of benzene rings is 1. The molecule has 1 N–H and O–H groups in total. The number of hydrogen-bond acceptors (Lipinski definition) is 1. The zero-order valence-electron chi connectivity index (χ0n) is 10.6. The van der Waals surface area contributed by atoms with Gasteiger partial charge in [-0.15, -0.1) is 0 Å². The first-order valence-electron chi connectivity index (χ1n) is 6.18. The average molecular weight is 257 g/mol. The Hall–Kier alpha value is -1.03. The summed E-state index contributed by atoms with van der Waals surface area (Å²) in [6, 6.07) is 5.76. The highest BCUT2D eigenvalue weighted by molar-refractivity contribution is 5.30. The smallest absolute Gasteiger partial charge is 0.316 e. The molecule has 1 fully saturated rings. The molecule has 1 aromatic rings. The van der Waals surface area contributed by atoms with E-state index in [0.717, 1.165) is 31.1 Å². The van der Waals surface area contributed by atoms with E-state index in [1.165, 1.54) is 12.1 Å². The first-order chi connectivity index (χ1) is 8.31. The van der Waals surface area contributed by atoms with E-state index in [2.05, 4.69) is 19.2 Å². The maximum Gasteiger partial charge on any atom is 0.416 e. The second-order valence-electron chi connectivity index (χ2n) is 5.63. The topological polar surface area (TPSA) is 12.0 Å². The van der Waals surface area contributed by atoms with E-state index < -0.39 is 11.7 Å². The molecule has 1 atom stereocenters. The van der Waals surface area contributed by atoms with E-state index in [1.807, 2.05) is 6.07 Å². The van der Waals surface area contributed by atoms with Gasteiger partial charge in [0.2, 0.25) is 0 Å². The van der Waals surface area contributed by atoms with E-state index in [4.69, 9.17) is 0 Å². The fourth-order valence-corrected chi connectivity index (χ4v) is 2.72. The van der Waals surface area contributed by atoms with Crippen LogP contribution in [0.4, 0.5) is 13.2 Å². The van der Waals surface area contributed by atoms with Crippen molar-refractivity contribution >= 4 is 0 Å². The Bertz CT molecular complexity index is 423. The summed E-state index contributed by atoms with van der Waals surface area (Å²) in [5.41, 5.74) is 0.244. The highest BCUT2D eigenvalue weighted by Gasteiger charge is 2.35. The Balaban J connectivity index is 2.33. The summed E-state index contributed by atoms with van der Waals surface area (Å²) in [7, 11) is 0. The van der Waals surface area contributed by atoms with Gasteiger partial charge in [0.1, 0.15) is 0 Å². The van der Waals surface area contributed by atoms with Gasteiger partial charge in [0, 0.05) is 6.54 Å². The summed E-state index contributed by atoms with van der Waals surface area (Å²) in [5.74, 6) is 0.182. The molecule has 4 heteroatoms. The van der Waals surface area contributed by atoms with Crippen LogP contribution in [0.1, 0.15) is 37.3 Å². The first-order valence-corrected chi connectivity index (χ1v) is 6.18. The minimum absolute atomic E-state index is 0.0114. The van der Waals surface area contributed by atoms with Crippen molar-refractivity contribution in [1.29, 1.82) is 0 Å². The van der Waals surface area contributed by atoms with Crippen LogP contribution in [0.2, 0.25) is 0 Å².